The molecule has 1 aromatic rings. The number of amides is 3. The predicted molar refractivity (Wildman–Crippen MR) is 109 cm³/mol. The molecule has 0 spiro atoms. The molecule has 3 rings (SSSR count). The molecule has 0 bridgehead atoms. The highest BCUT2D eigenvalue weighted by atomic mass is 16.2. The van der Waals surface area contributed by atoms with Gasteiger partial charge < -0.3 is 20.4 Å². The topological polar surface area (TPSA) is 81.8 Å². The standard InChI is InChI=1S/C21H30N4O3/c1-24(2)14-19(26)22-16-6-5-7-17(12-16)23-21(28)15-10-11-20(27)25(13-15)18-8-3-4-9-18/h5-7,12,15,18H,3-4,8-11,13-14H2,1-2H3,(H,22,26)(H,23,28). The SMILES string of the molecule is CN(C)CC(=O)Nc1cccc(NC(=O)C2CCC(=O)N(C3CCCC3)C2)c1. The number of nitrogens with zero attached hydrogens (tertiary/aromatic N) is 2. The van der Waals surface area contributed by atoms with Crippen molar-refractivity contribution in [2.75, 3.05) is 37.8 Å². The summed E-state index contributed by atoms with van der Waals surface area (Å²) in [5.74, 6) is -0.175. The molecule has 7 nitrogen and oxygen atoms in total. The number of nitrogens with one attached hydrogen (secondary N) is 2. The van der Waals surface area contributed by atoms with Crippen LogP contribution in [0.15, 0.2) is 24.3 Å². The van der Waals surface area contributed by atoms with Gasteiger partial charge in [-0.3, -0.25) is 14.4 Å². The Kier molecular flexibility index (Phi) is 6.67. The van der Waals surface area contributed by atoms with Gasteiger partial charge in [0.2, 0.25) is 17.7 Å². The summed E-state index contributed by atoms with van der Waals surface area (Å²) in [5.41, 5.74) is 1.30. The molecule has 1 heterocycles. The second-order valence-corrected chi connectivity index (χ2v) is 8.08. The highest BCUT2D eigenvalue weighted by Crippen LogP contribution is 2.29. The summed E-state index contributed by atoms with van der Waals surface area (Å²) in [7, 11) is 3.67. The van der Waals surface area contributed by atoms with Crippen LogP contribution in [0, 0.1) is 5.92 Å². The fourth-order valence-corrected chi connectivity index (χ4v) is 4.06. The van der Waals surface area contributed by atoms with Crippen LogP contribution >= 0.6 is 0 Å². The average molecular weight is 386 g/mol. The molecule has 3 amide bonds. The second-order valence-electron chi connectivity index (χ2n) is 8.08. The molecule has 0 radical (unpaired) electrons. The summed E-state index contributed by atoms with van der Waals surface area (Å²) >= 11 is 0. The van der Waals surface area contributed by atoms with Crippen molar-refractivity contribution in [1.29, 1.82) is 0 Å². The van der Waals surface area contributed by atoms with Gasteiger partial charge >= 0.3 is 0 Å². The van der Waals surface area contributed by atoms with Gasteiger partial charge in [0.15, 0.2) is 0 Å². The normalized spacial score (nSPS) is 20.5. The van der Waals surface area contributed by atoms with E-state index in [1.165, 1.54) is 0 Å². The minimum absolute atomic E-state index is 0.0627. The molecule has 7 heteroatoms. The molecule has 1 aromatic carbocycles. The zero-order valence-corrected chi connectivity index (χ0v) is 16.7. The fraction of sp³-hybridized carbons (Fsp3) is 0.571. The summed E-state index contributed by atoms with van der Waals surface area (Å²) in [5, 5.41) is 5.78. The Hall–Kier alpha value is -2.41. The van der Waals surface area contributed by atoms with Crippen molar-refractivity contribution < 1.29 is 14.4 Å². The molecule has 152 valence electrons. The van der Waals surface area contributed by atoms with Crippen molar-refractivity contribution >= 4 is 29.1 Å². The summed E-state index contributed by atoms with van der Waals surface area (Å²) in [6.07, 6.45) is 5.46. The monoisotopic (exact) mass is 386 g/mol. The lowest BCUT2D eigenvalue weighted by Gasteiger charge is -2.36. The number of carbonyl (C=O) groups excluding carboxylic acids is 3. The molecule has 1 aliphatic carbocycles. The molecular weight excluding hydrogens is 356 g/mol. The van der Waals surface area contributed by atoms with E-state index in [0.29, 0.717) is 43.3 Å². The van der Waals surface area contributed by atoms with Crippen LogP contribution in [0.5, 0.6) is 0 Å². The Bertz CT molecular complexity index is 728. The summed E-state index contributed by atoms with van der Waals surface area (Å²) in [4.78, 5) is 40.7. The number of anilines is 2. The number of piperidine rings is 1. The number of hydrogen-bond donors (Lipinski definition) is 2. The van der Waals surface area contributed by atoms with Crippen LogP contribution in [-0.4, -0.2) is 60.7 Å². The molecule has 1 aliphatic heterocycles. The van der Waals surface area contributed by atoms with E-state index in [1.54, 1.807) is 23.1 Å². The first-order valence-electron chi connectivity index (χ1n) is 10.1. The lowest BCUT2D eigenvalue weighted by molar-refractivity contribution is -0.139. The van der Waals surface area contributed by atoms with Gasteiger partial charge in [0.05, 0.1) is 12.5 Å². The van der Waals surface area contributed by atoms with Crippen LogP contribution in [0.1, 0.15) is 38.5 Å². The van der Waals surface area contributed by atoms with Crippen LogP contribution < -0.4 is 10.6 Å². The first-order chi connectivity index (χ1) is 13.4. The van der Waals surface area contributed by atoms with Gasteiger partial charge in [0.25, 0.3) is 0 Å². The number of carbonyl (C=O) groups is 3. The molecule has 0 aromatic heterocycles. The van der Waals surface area contributed by atoms with E-state index < -0.39 is 0 Å². The summed E-state index contributed by atoms with van der Waals surface area (Å²) < 4.78 is 0. The molecule has 1 atom stereocenters. The van der Waals surface area contributed by atoms with Crippen LogP contribution in [0.4, 0.5) is 11.4 Å². The molecule has 2 fully saturated rings. The van der Waals surface area contributed by atoms with Gasteiger partial charge in [0.1, 0.15) is 0 Å². The summed E-state index contributed by atoms with van der Waals surface area (Å²) in [6.45, 7) is 0.804. The Labute approximate surface area is 166 Å². The Morgan fingerprint density at radius 2 is 1.79 bits per heavy atom. The molecule has 2 aliphatic rings. The fourth-order valence-electron chi connectivity index (χ4n) is 4.06. The van der Waals surface area contributed by atoms with E-state index in [9.17, 15) is 14.4 Å². The van der Waals surface area contributed by atoms with E-state index >= 15 is 0 Å². The van der Waals surface area contributed by atoms with Gasteiger partial charge in [0, 0.05) is 30.4 Å². The van der Waals surface area contributed by atoms with Gasteiger partial charge in [-0.25, -0.2) is 0 Å². The van der Waals surface area contributed by atoms with Gasteiger partial charge in [-0.2, -0.15) is 0 Å². The van der Waals surface area contributed by atoms with E-state index in [-0.39, 0.29) is 23.6 Å². The van der Waals surface area contributed by atoms with E-state index in [1.807, 2.05) is 25.1 Å². The average Bonchev–Trinajstić information content (AvgIpc) is 3.16. The molecule has 1 saturated carbocycles. The Balaban J connectivity index is 1.58. The van der Waals surface area contributed by atoms with Gasteiger partial charge in [-0.1, -0.05) is 18.9 Å². The Morgan fingerprint density at radius 3 is 2.46 bits per heavy atom. The smallest absolute Gasteiger partial charge is 0.238 e. The maximum Gasteiger partial charge on any atom is 0.238 e. The third-order valence-corrected chi connectivity index (χ3v) is 5.45. The second kappa shape index (κ2) is 9.19. The minimum Gasteiger partial charge on any atom is -0.339 e. The van der Waals surface area contributed by atoms with Crippen molar-refractivity contribution in [1.82, 2.24) is 9.80 Å². The lowest BCUT2D eigenvalue weighted by atomic mass is 9.94. The van der Waals surface area contributed by atoms with Crippen molar-refractivity contribution in [3.8, 4) is 0 Å². The maximum absolute atomic E-state index is 12.8. The van der Waals surface area contributed by atoms with Crippen LogP contribution in [-0.2, 0) is 14.4 Å². The number of benzene rings is 1. The summed E-state index contributed by atoms with van der Waals surface area (Å²) in [6, 6.07) is 7.47. The van der Waals surface area contributed by atoms with Crippen molar-refractivity contribution in [2.24, 2.45) is 5.92 Å². The minimum atomic E-state index is -0.190. The van der Waals surface area contributed by atoms with Crippen molar-refractivity contribution in [3.05, 3.63) is 24.3 Å². The third kappa shape index (κ3) is 5.32. The largest absolute Gasteiger partial charge is 0.339 e. The lowest BCUT2D eigenvalue weighted by Crippen LogP contribution is -2.48. The zero-order chi connectivity index (χ0) is 20.1. The molecule has 1 unspecified atom stereocenters. The van der Waals surface area contributed by atoms with E-state index in [0.717, 1.165) is 25.7 Å². The van der Waals surface area contributed by atoms with Crippen LogP contribution in [0.2, 0.25) is 0 Å². The third-order valence-electron chi connectivity index (χ3n) is 5.45. The number of likely N-dealkylation sites (N-methyl/N-ethyl adjacent to an activating group) is 1. The number of rotatable bonds is 6. The van der Waals surface area contributed by atoms with Crippen LogP contribution in [0.25, 0.3) is 0 Å². The first-order valence-corrected chi connectivity index (χ1v) is 10.1. The molecule has 28 heavy (non-hydrogen) atoms. The first kappa shape index (κ1) is 20.3. The van der Waals surface area contributed by atoms with E-state index in [4.69, 9.17) is 0 Å². The molecule has 1 saturated heterocycles. The number of hydrogen-bond acceptors (Lipinski definition) is 4. The van der Waals surface area contributed by atoms with Gasteiger partial charge in [-0.05, 0) is 51.6 Å². The highest BCUT2D eigenvalue weighted by Gasteiger charge is 2.35. The Morgan fingerprint density at radius 1 is 1.11 bits per heavy atom. The van der Waals surface area contributed by atoms with Crippen molar-refractivity contribution in [3.63, 3.8) is 0 Å². The number of likely N-dealkylation sites (tertiary alicyclic amines) is 1. The quantitative estimate of drug-likeness (QED) is 0.786. The van der Waals surface area contributed by atoms with Crippen molar-refractivity contribution in [2.45, 2.75) is 44.6 Å². The maximum atomic E-state index is 12.8. The zero-order valence-electron chi connectivity index (χ0n) is 16.7. The molecule has 2 N–H and O–H groups in total. The van der Waals surface area contributed by atoms with Crippen LogP contribution in [0.3, 0.4) is 0 Å². The molecular formula is C21H30N4O3. The highest BCUT2D eigenvalue weighted by molar-refractivity contribution is 5.96. The van der Waals surface area contributed by atoms with Gasteiger partial charge in [-0.15, -0.1) is 0 Å². The predicted octanol–water partition coefficient (Wildman–Crippen LogP) is 2.31. The van der Waals surface area contributed by atoms with E-state index in [2.05, 4.69) is 10.6 Å².